The van der Waals surface area contributed by atoms with Crippen LogP contribution in [0.15, 0.2) is 93.5 Å². The molecule has 0 amide bonds. The Morgan fingerprint density at radius 1 is 0.881 bits per heavy atom. The minimum atomic E-state index is -4.77. The fraction of sp³-hybridized carbons (Fsp3) is 0.250. The fourth-order valence-corrected chi connectivity index (χ4v) is 7.35. The molecule has 2 atom stereocenters. The van der Waals surface area contributed by atoms with Gasteiger partial charge in [-0.3, -0.25) is 0 Å². The second-order valence-electron chi connectivity index (χ2n) is 12.5. The molecule has 311 valence electrons. The molecule has 1 N–H and O–H groups in total. The maximum absolute atomic E-state index is 13.7. The Bertz CT molecular complexity index is 2260. The van der Waals surface area contributed by atoms with Crippen molar-refractivity contribution in [2.45, 2.75) is 51.2 Å². The molecule has 0 spiro atoms. The molecule has 0 aliphatic carbocycles. The van der Waals surface area contributed by atoms with E-state index < -0.39 is 23.3 Å². The molecule has 1 radical (unpaired) electrons. The maximum atomic E-state index is 13.7. The quantitative estimate of drug-likeness (QED) is 0.0328. The molecule has 1 aliphatic heterocycles. The van der Waals surface area contributed by atoms with Crippen LogP contribution < -0.4 is 0 Å². The Balaban J connectivity index is 0.000000296. The van der Waals surface area contributed by atoms with Crippen LogP contribution in [0.1, 0.15) is 74.9 Å². The molecule has 5 rings (SSSR count). The van der Waals surface area contributed by atoms with Crippen molar-refractivity contribution in [1.82, 2.24) is 0 Å². The van der Waals surface area contributed by atoms with Gasteiger partial charge in [0.05, 0.1) is 29.9 Å². The van der Waals surface area contributed by atoms with Crippen LogP contribution in [0, 0.1) is 13.8 Å². The van der Waals surface area contributed by atoms with E-state index in [2.05, 4.69) is 51.0 Å². The molecule has 1 heterocycles. The number of alkyl halides is 4. The van der Waals surface area contributed by atoms with Gasteiger partial charge < -0.3 is 19.5 Å². The summed E-state index contributed by atoms with van der Waals surface area (Å²) in [4.78, 5) is 29.5. The fourth-order valence-electron chi connectivity index (χ4n) is 5.60. The van der Waals surface area contributed by atoms with Crippen molar-refractivity contribution < 1.29 is 42.3 Å². The number of hydrogen-bond acceptors (Lipinski definition) is 10. The number of hydrogen-bond donors (Lipinski definition) is 2. The van der Waals surface area contributed by atoms with Crippen LogP contribution >= 0.6 is 75.1 Å². The van der Waals surface area contributed by atoms with E-state index in [4.69, 9.17) is 60.7 Å². The summed E-state index contributed by atoms with van der Waals surface area (Å²) in [6.07, 6.45) is -4.09. The normalized spacial score (nSPS) is 16.4. The number of carbonyl (C=O) groups is 2. The van der Waals surface area contributed by atoms with Gasteiger partial charge in [-0.25, -0.2) is 9.59 Å². The number of rotatable bonds is 9. The van der Waals surface area contributed by atoms with Crippen molar-refractivity contribution in [2.75, 3.05) is 13.2 Å². The van der Waals surface area contributed by atoms with E-state index in [9.17, 15) is 28.0 Å². The molecular weight excluding hydrogens is 940 g/mol. The van der Waals surface area contributed by atoms with Crippen molar-refractivity contribution in [3.63, 3.8) is 0 Å². The summed E-state index contributed by atoms with van der Waals surface area (Å²) in [5.74, 6) is -0.890. The van der Waals surface area contributed by atoms with Gasteiger partial charge in [-0.1, -0.05) is 84.8 Å². The summed E-state index contributed by atoms with van der Waals surface area (Å²) in [5.41, 5.74) is 2.15. The van der Waals surface area contributed by atoms with Gasteiger partial charge in [0.25, 0.3) is 0 Å². The number of allylic oxidation sites excluding steroid dienone is 2. The summed E-state index contributed by atoms with van der Waals surface area (Å²) >= 11 is 30.8. The van der Waals surface area contributed by atoms with Crippen molar-refractivity contribution in [2.24, 2.45) is 14.6 Å². The summed E-state index contributed by atoms with van der Waals surface area (Å²) in [6.45, 7) is 9.34. The number of carbonyl (C=O) groups excluding carboxylic acids is 2. The molecule has 0 fully saturated rings. The number of ether oxygens (including phenoxy) is 2. The van der Waals surface area contributed by atoms with Gasteiger partial charge in [-0.15, -0.1) is 0 Å². The molecule has 0 saturated heterocycles. The Kier molecular flexibility index (Phi) is 18.6. The zero-order chi connectivity index (χ0) is 44.2. The van der Waals surface area contributed by atoms with Crippen molar-refractivity contribution in [1.29, 1.82) is 0 Å². The molecule has 19 heteroatoms. The number of thiol groups is 1. The van der Waals surface area contributed by atoms with Gasteiger partial charge in [-0.05, 0) is 118 Å². The van der Waals surface area contributed by atoms with Gasteiger partial charge >= 0.3 is 42.9 Å². The third kappa shape index (κ3) is 13.1. The summed E-state index contributed by atoms with van der Waals surface area (Å²) in [5, 5.41) is 17.7. The van der Waals surface area contributed by atoms with E-state index in [0.29, 0.717) is 33.9 Å². The Hall–Kier alpha value is -3.86. The molecule has 0 saturated carbocycles. The number of oxime groups is 2. The van der Waals surface area contributed by atoms with Crippen LogP contribution in [0.3, 0.4) is 0 Å². The Morgan fingerprint density at radius 2 is 1.36 bits per heavy atom. The molecule has 0 aromatic heterocycles. The predicted molar refractivity (Wildman–Crippen MR) is 234 cm³/mol. The third-order valence-electron chi connectivity index (χ3n) is 8.40. The predicted octanol–water partition coefficient (Wildman–Crippen LogP) is 12.4. The zero-order valence-corrected chi connectivity index (χ0v) is 37.4. The summed E-state index contributed by atoms with van der Waals surface area (Å²) in [7, 11) is 4.34. The van der Waals surface area contributed by atoms with E-state index in [1.165, 1.54) is 24.3 Å². The van der Waals surface area contributed by atoms with Gasteiger partial charge in [0.15, 0.2) is 5.60 Å². The molecule has 4 aromatic carbocycles. The first-order chi connectivity index (χ1) is 27.7. The molecular formula is C40H35BBrCl4F3N3O6S. The van der Waals surface area contributed by atoms with Crippen molar-refractivity contribution in [3.05, 3.63) is 143 Å². The first-order valence-corrected chi connectivity index (χ1v) is 20.0. The Labute approximate surface area is 374 Å². The first-order valence-electron chi connectivity index (χ1n) is 17.2. The van der Waals surface area contributed by atoms with E-state index in [1.54, 1.807) is 32.9 Å². The van der Waals surface area contributed by atoms with Gasteiger partial charge in [0, 0.05) is 36.8 Å². The van der Waals surface area contributed by atoms with Gasteiger partial charge in [0.1, 0.15) is 16.3 Å². The number of esters is 2. The monoisotopic (exact) mass is 972 g/mol. The molecule has 59 heavy (non-hydrogen) atoms. The van der Waals surface area contributed by atoms with Crippen LogP contribution in [-0.4, -0.2) is 60.4 Å². The standard InChI is InChI=1S/C20H18BrCl2NO3.C20H16Cl2F3NO3.BHNS/c1-4-26-19(25)16-6-5-12(7-11(16)2)17-18(21)20(3,27-24-17)13-8-14(22)10-15(23)9-13;1-3-29-19(27)16-5-4-12(6-11(16)2)18(26-28)10-17(20(23,24)25)13-7-14(21)9-15(22)8-13;1-2-3/h5-10,18H,4H2,1-3H3;4-10,28H,3H2,1-2H3;3H/b;17-10-,26-18-;. The SMILES string of the molecule is CCOC(=O)c1ccc(C(/C=C(/c2cc(Cl)cc(Cl)c2)C(F)(F)F)=N\O)cc1C.CCOC(=O)c1ccc(C2=NOC(C)(c3cc(Cl)cc(Cl)c3)C2Br)cc1C.[B]=NS. The average Bonchev–Trinajstić information content (AvgIpc) is 3.45. The molecule has 4 aromatic rings. The number of aryl methyl sites for hydroxylation is 2. The van der Waals surface area contributed by atoms with E-state index in [0.717, 1.165) is 34.5 Å². The number of halogens is 8. The average molecular weight is 975 g/mol. The van der Waals surface area contributed by atoms with E-state index in [-0.39, 0.29) is 49.9 Å². The second-order valence-corrected chi connectivity index (χ2v) is 15.4. The van der Waals surface area contributed by atoms with Crippen LogP contribution in [0.5, 0.6) is 0 Å². The topological polar surface area (TPSA) is 119 Å². The minimum absolute atomic E-state index is 0.0276. The molecule has 1 aliphatic rings. The molecule has 0 bridgehead atoms. The first kappa shape index (κ1) is 49.5. The summed E-state index contributed by atoms with van der Waals surface area (Å²) in [6, 6.07) is 18.5. The van der Waals surface area contributed by atoms with Gasteiger partial charge in [0.2, 0.25) is 0 Å². The zero-order valence-electron chi connectivity index (χ0n) is 31.9. The second kappa shape index (κ2) is 22.1. The summed E-state index contributed by atoms with van der Waals surface area (Å²) < 4.78 is 53.7. The third-order valence-corrected chi connectivity index (χ3v) is 10.6. The number of benzene rings is 4. The van der Waals surface area contributed by atoms with Crippen LogP contribution in [0.4, 0.5) is 13.2 Å². The van der Waals surface area contributed by atoms with Crippen LogP contribution in [-0.2, 0) is 19.9 Å². The van der Waals surface area contributed by atoms with Crippen LogP contribution in [0.25, 0.3) is 5.57 Å². The van der Waals surface area contributed by atoms with Crippen LogP contribution in [0.2, 0.25) is 20.1 Å². The van der Waals surface area contributed by atoms with Crippen molar-refractivity contribution >= 4 is 112 Å². The van der Waals surface area contributed by atoms with Gasteiger partial charge in [-0.2, -0.15) is 13.2 Å². The number of nitrogens with zero attached hydrogens (tertiary/aromatic N) is 3. The molecule has 2 unspecified atom stereocenters. The molecule has 9 nitrogen and oxygen atoms in total. The van der Waals surface area contributed by atoms with Crippen molar-refractivity contribution in [3.8, 4) is 0 Å². The Morgan fingerprint density at radius 3 is 1.80 bits per heavy atom. The van der Waals surface area contributed by atoms with E-state index >= 15 is 0 Å². The van der Waals surface area contributed by atoms with E-state index in [1.807, 2.05) is 38.1 Å².